The first-order valence-electron chi connectivity index (χ1n) is 6.71. The molecule has 0 aromatic heterocycles. The normalized spacial score (nSPS) is 16.7. The second-order valence-corrected chi connectivity index (χ2v) is 5.22. The molecule has 3 heteroatoms. The Morgan fingerprint density at radius 2 is 2.06 bits per heavy atom. The first kappa shape index (κ1) is 13.4. The van der Waals surface area contributed by atoms with Crippen molar-refractivity contribution < 1.29 is 4.74 Å². The van der Waals surface area contributed by atoms with E-state index in [9.17, 15) is 0 Å². The molecule has 2 rings (SSSR count). The van der Waals surface area contributed by atoms with E-state index in [1.54, 1.807) is 7.11 Å². The van der Waals surface area contributed by atoms with Gasteiger partial charge in [-0.3, -0.25) is 0 Å². The Morgan fingerprint density at radius 3 is 2.61 bits per heavy atom. The molecule has 1 aromatic carbocycles. The quantitative estimate of drug-likeness (QED) is 0.810. The minimum Gasteiger partial charge on any atom is -0.496 e. The number of rotatable bonds is 6. The van der Waals surface area contributed by atoms with Gasteiger partial charge in [0.1, 0.15) is 5.75 Å². The Balaban J connectivity index is 2.21. The Hall–Kier alpha value is -1.06. The van der Waals surface area contributed by atoms with Crippen molar-refractivity contribution in [1.82, 2.24) is 10.6 Å². The molecule has 1 atom stereocenters. The van der Waals surface area contributed by atoms with Gasteiger partial charge in [-0.15, -0.1) is 0 Å². The van der Waals surface area contributed by atoms with Crippen molar-refractivity contribution in [1.29, 1.82) is 0 Å². The zero-order valence-corrected chi connectivity index (χ0v) is 11.8. The first-order valence-corrected chi connectivity index (χ1v) is 6.71. The third-order valence-corrected chi connectivity index (χ3v) is 3.60. The van der Waals surface area contributed by atoms with E-state index in [0.717, 1.165) is 18.3 Å². The molecule has 1 aromatic rings. The third-order valence-electron chi connectivity index (χ3n) is 3.60. The Morgan fingerprint density at radius 1 is 1.33 bits per heavy atom. The van der Waals surface area contributed by atoms with E-state index in [4.69, 9.17) is 4.74 Å². The van der Waals surface area contributed by atoms with Crippen LogP contribution < -0.4 is 15.4 Å². The molecule has 0 saturated heterocycles. The summed E-state index contributed by atoms with van der Waals surface area (Å²) in [4.78, 5) is 0. The minimum absolute atomic E-state index is 0.307. The maximum atomic E-state index is 5.54. The molecule has 0 amide bonds. The lowest BCUT2D eigenvalue weighted by atomic mass is 9.97. The molecule has 0 bridgehead atoms. The SMILES string of the molecule is CNC(CNC1CC1)c1c(C)cc(C)cc1OC. The molecule has 0 spiro atoms. The summed E-state index contributed by atoms with van der Waals surface area (Å²) in [6, 6.07) is 5.38. The second-order valence-electron chi connectivity index (χ2n) is 5.22. The van der Waals surface area contributed by atoms with E-state index < -0.39 is 0 Å². The van der Waals surface area contributed by atoms with E-state index >= 15 is 0 Å². The highest BCUT2D eigenvalue weighted by molar-refractivity contribution is 5.45. The van der Waals surface area contributed by atoms with Gasteiger partial charge >= 0.3 is 0 Å². The molecule has 1 aliphatic rings. The minimum atomic E-state index is 0.307. The number of nitrogens with one attached hydrogen (secondary N) is 2. The van der Waals surface area contributed by atoms with Gasteiger partial charge in [0.25, 0.3) is 0 Å². The average Bonchev–Trinajstić information content (AvgIpc) is 3.15. The van der Waals surface area contributed by atoms with Gasteiger partial charge in [0.05, 0.1) is 7.11 Å². The zero-order chi connectivity index (χ0) is 13.1. The highest BCUT2D eigenvalue weighted by Crippen LogP contribution is 2.30. The van der Waals surface area contributed by atoms with Gasteiger partial charge in [-0.25, -0.2) is 0 Å². The number of likely N-dealkylation sites (N-methyl/N-ethyl adjacent to an activating group) is 1. The average molecular weight is 248 g/mol. The zero-order valence-electron chi connectivity index (χ0n) is 11.8. The second kappa shape index (κ2) is 5.72. The van der Waals surface area contributed by atoms with Crippen LogP contribution in [0.5, 0.6) is 5.75 Å². The fourth-order valence-electron chi connectivity index (χ4n) is 2.48. The lowest BCUT2D eigenvalue weighted by Gasteiger charge is -2.22. The Kier molecular flexibility index (Phi) is 4.25. The van der Waals surface area contributed by atoms with Gasteiger partial charge in [0, 0.05) is 24.2 Å². The molecule has 0 heterocycles. The van der Waals surface area contributed by atoms with Crippen molar-refractivity contribution >= 4 is 0 Å². The van der Waals surface area contributed by atoms with Gasteiger partial charge in [-0.05, 0) is 50.9 Å². The highest BCUT2D eigenvalue weighted by Gasteiger charge is 2.23. The topological polar surface area (TPSA) is 33.3 Å². The predicted molar refractivity (Wildman–Crippen MR) is 75.3 cm³/mol. The molecule has 0 aliphatic heterocycles. The number of hydrogen-bond acceptors (Lipinski definition) is 3. The van der Waals surface area contributed by atoms with Crippen LogP contribution in [0.15, 0.2) is 12.1 Å². The highest BCUT2D eigenvalue weighted by atomic mass is 16.5. The van der Waals surface area contributed by atoms with E-state index in [1.807, 2.05) is 7.05 Å². The van der Waals surface area contributed by atoms with E-state index in [1.165, 1.54) is 29.5 Å². The van der Waals surface area contributed by atoms with E-state index in [0.29, 0.717) is 6.04 Å². The number of hydrogen-bond donors (Lipinski definition) is 2. The lowest BCUT2D eigenvalue weighted by molar-refractivity contribution is 0.397. The smallest absolute Gasteiger partial charge is 0.124 e. The van der Waals surface area contributed by atoms with Gasteiger partial charge in [-0.1, -0.05) is 6.07 Å². The van der Waals surface area contributed by atoms with Crippen LogP contribution in [0.2, 0.25) is 0 Å². The van der Waals surface area contributed by atoms with Crippen LogP contribution >= 0.6 is 0 Å². The summed E-state index contributed by atoms with van der Waals surface area (Å²) in [7, 11) is 3.76. The summed E-state index contributed by atoms with van der Waals surface area (Å²) in [6.07, 6.45) is 2.64. The van der Waals surface area contributed by atoms with Crippen LogP contribution in [-0.2, 0) is 0 Å². The van der Waals surface area contributed by atoms with E-state index in [-0.39, 0.29) is 0 Å². The summed E-state index contributed by atoms with van der Waals surface area (Å²) in [5.74, 6) is 0.990. The Bertz CT molecular complexity index is 413. The predicted octanol–water partition coefficient (Wildman–Crippen LogP) is 2.32. The number of aryl methyl sites for hydroxylation is 2. The van der Waals surface area contributed by atoms with Crippen molar-refractivity contribution in [3.05, 3.63) is 28.8 Å². The molecule has 100 valence electrons. The molecule has 1 fully saturated rings. The molecule has 1 saturated carbocycles. The Labute approximate surface area is 110 Å². The summed E-state index contributed by atoms with van der Waals surface area (Å²) >= 11 is 0. The summed E-state index contributed by atoms with van der Waals surface area (Å²) in [5.41, 5.74) is 3.82. The fourth-order valence-corrected chi connectivity index (χ4v) is 2.48. The van der Waals surface area contributed by atoms with Crippen molar-refractivity contribution in [2.75, 3.05) is 20.7 Å². The molecule has 1 aliphatic carbocycles. The number of methoxy groups -OCH3 is 1. The fraction of sp³-hybridized carbons (Fsp3) is 0.600. The maximum Gasteiger partial charge on any atom is 0.124 e. The van der Waals surface area contributed by atoms with Gasteiger partial charge in [-0.2, -0.15) is 0 Å². The van der Waals surface area contributed by atoms with Crippen LogP contribution in [0.25, 0.3) is 0 Å². The molecule has 18 heavy (non-hydrogen) atoms. The molecule has 3 nitrogen and oxygen atoms in total. The number of ether oxygens (including phenoxy) is 1. The van der Waals surface area contributed by atoms with Gasteiger partial charge < -0.3 is 15.4 Å². The molecule has 2 N–H and O–H groups in total. The summed E-state index contributed by atoms with van der Waals surface area (Å²) in [6.45, 7) is 5.23. The van der Waals surface area contributed by atoms with Crippen molar-refractivity contribution in [3.63, 3.8) is 0 Å². The molecule has 0 radical (unpaired) electrons. The van der Waals surface area contributed by atoms with Crippen molar-refractivity contribution in [2.24, 2.45) is 0 Å². The molecular formula is C15H24N2O. The summed E-state index contributed by atoms with van der Waals surface area (Å²) in [5, 5.41) is 6.98. The first-order chi connectivity index (χ1) is 8.65. The summed E-state index contributed by atoms with van der Waals surface area (Å²) < 4.78 is 5.54. The van der Waals surface area contributed by atoms with Crippen LogP contribution in [0.3, 0.4) is 0 Å². The standard InChI is InChI=1S/C15H24N2O/c1-10-7-11(2)15(14(8-10)18-4)13(16-3)9-17-12-5-6-12/h7-8,12-13,16-17H,5-6,9H2,1-4H3. The van der Waals surface area contributed by atoms with Gasteiger partial charge in [0.2, 0.25) is 0 Å². The van der Waals surface area contributed by atoms with Gasteiger partial charge in [0.15, 0.2) is 0 Å². The maximum absolute atomic E-state index is 5.54. The van der Waals surface area contributed by atoms with Crippen molar-refractivity contribution in [3.8, 4) is 5.75 Å². The molecular weight excluding hydrogens is 224 g/mol. The monoisotopic (exact) mass is 248 g/mol. The van der Waals surface area contributed by atoms with Crippen LogP contribution in [0, 0.1) is 13.8 Å². The van der Waals surface area contributed by atoms with E-state index in [2.05, 4.69) is 36.6 Å². The van der Waals surface area contributed by atoms with Crippen molar-refractivity contribution in [2.45, 2.75) is 38.8 Å². The third kappa shape index (κ3) is 3.03. The number of benzene rings is 1. The van der Waals surface area contributed by atoms with Crippen LogP contribution in [0.4, 0.5) is 0 Å². The van der Waals surface area contributed by atoms with Crippen LogP contribution in [0.1, 0.15) is 35.6 Å². The molecule has 1 unspecified atom stereocenters. The lowest BCUT2D eigenvalue weighted by Crippen LogP contribution is -2.31. The largest absolute Gasteiger partial charge is 0.496 e. The van der Waals surface area contributed by atoms with Crippen LogP contribution in [-0.4, -0.2) is 26.7 Å².